The molecule has 0 aliphatic carbocycles. The van der Waals surface area contributed by atoms with Gasteiger partial charge in [0.05, 0.1) is 6.26 Å². The Hall–Kier alpha value is -1.32. The Balaban J connectivity index is 3.66. The van der Waals surface area contributed by atoms with Gasteiger partial charge in [-0.1, -0.05) is 0 Å². The minimum atomic E-state index is -0.221. The van der Waals surface area contributed by atoms with Gasteiger partial charge in [0, 0.05) is 20.2 Å². The molecular weight excluding hydrogens is 134 g/mol. The topological polar surface area (TPSA) is 46.6 Å². The van der Waals surface area contributed by atoms with Crippen LogP contribution in [0.4, 0.5) is 0 Å². The van der Waals surface area contributed by atoms with E-state index in [1.165, 1.54) is 4.90 Å². The molecule has 0 aromatic heterocycles. The van der Waals surface area contributed by atoms with Crippen molar-refractivity contribution in [2.24, 2.45) is 0 Å². The Labute approximate surface area is 59.1 Å². The maximum Gasteiger partial charge on any atom is 0.297 e. The van der Waals surface area contributed by atoms with E-state index in [-0.39, 0.29) is 12.4 Å². The zero-order valence-corrected chi connectivity index (χ0v) is 5.90. The highest BCUT2D eigenvalue weighted by atomic mass is 16.5. The van der Waals surface area contributed by atoms with Crippen LogP contribution in [0.5, 0.6) is 0 Å². The van der Waals surface area contributed by atoms with Crippen molar-refractivity contribution >= 4 is 12.4 Å². The summed E-state index contributed by atoms with van der Waals surface area (Å²) in [6, 6.07) is 0. The second-order valence-electron chi connectivity index (χ2n) is 1.77. The molecule has 0 saturated heterocycles. The van der Waals surface area contributed by atoms with Gasteiger partial charge in [-0.2, -0.15) is 0 Å². The fraction of sp³-hybridized carbons (Fsp3) is 0.333. The number of likely N-dealkylation sites (N-methyl/N-ethyl adjacent to an activating group) is 1. The maximum absolute atomic E-state index is 10.7. The Morgan fingerprint density at radius 1 is 1.50 bits per heavy atom. The first-order valence-electron chi connectivity index (χ1n) is 2.65. The van der Waals surface area contributed by atoms with Gasteiger partial charge < -0.3 is 9.64 Å². The van der Waals surface area contributed by atoms with Gasteiger partial charge in [-0.15, -0.1) is 0 Å². The van der Waals surface area contributed by atoms with Crippen molar-refractivity contribution in [2.45, 2.75) is 0 Å². The summed E-state index contributed by atoms with van der Waals surface area (Å²) < 4.78 is 4.15. The first kappa shape index (κ1) is 8.68. The van der Waals surface area contributed by atoms with E-state index in [0.29, 0.717) is 0 Å². The summed E-state index contributed by atoms with van der Waals surface area (Å²) in [4.78, 5) is 21.6. The quantitative estimate of drug-likeness (QED) is 0.311. The zero-order chi connectivity index (χ0) is 7.98. The van der Waals surface area contributed by atoms with Crippen LogP contribution >= 0.6 is 0 Å². The van der Waals surface area contributed by atoms with Gasteiger partial charge in [-0.3, -0.25) is 9.59 Å². The number of ether oxygens (including phenoxy) is 1. The molecule has 0 aromatic carbocycles. The predicted molar refractivity (Wildman–Crippen MR) is 35.0 cm³/mol. The molecule has 4 nitrogen and oxygen atoms in total. The molecule has 0 N–H and O–H groups in total. The summed E-state index contributed by atoms with van der Waals surface area (Å²) in [5.41, 5.74) is 0. The van der Waals surface area contributed by atoms with Gasteiger partial charge in [0.25, 0.3) is 6.47 Å². The van der Waals surface area contributed by atoms with Gasteiger partial charge in [0.2, 0.25) is 5.91 Å². The van der Waals surface area contributed by atoms with Crippen LogP contribution in [0.1, 0.15) is 0 Å². The predicted octanol–water partition coefficient (Wildman–Crippen LogP) is -0.239. The lowest BCUT2D eigenvalue weighted by Crippen LogP contribution is -2.18. The van der Waals surface area contributed by atoms with E-state index in [1.807, 2.05) is 0 Å². The van der Waals surface area contributed by atoms with E-state index < -0.39 is 0 Å². The summed E-state index contributed by atoms with van der Waals surface area (Å²) in [5, 5.41) is 0. The van der Waals surface area contributed by atoms with Gasteiger partial charge in [-0.25, -0.2) is 0 Å². The molecule has 0 aliphatic rings. The Bertz CT molecular complexity index is 151. The normalized spacial score (nSPS) is 9.40. The lowest BCUT2D eigenvalue weighted by atomic mass is 10.5. The number of amides is 1. The minimum absolute atomic E-state index is 0.221. The maximum atomic E-state index is 10.7. The summed E-state index contributed by atoms with van der Waals surface area (Å²) in [6.07, 6.45) is 2.20. The van der Waals surface area contributed by atoms with E-state index in [4.69, 9.17) is 0 Å². The third kappa shape index (κ3) is 3.65. The largest absolute Gasteiger partial charge is 0.437 e. The van der Waals surface area contributed by atoms with Crippen molar-refractivity contribution in [3.05, 3.63) is 12.3 Å². The third-order valence-corrected chi connectivity index (χ3v) is 0.786. The average Bonchev–Trinajstić information content (AvgIpc) is 1.88. The fourth-order valence-corrected chi connectivity index (χ4v) is 0.279. The van der Waals surface area contributed by atoms with Crippen LogP contribution in [0.2, 0.25) is 0 Å². The number of hydrogen-bond acceptors (Lipinski definition) is 3. The molecule has 0 unspecified atom stereocenters. The molecule has 0 rings (SSSR count). The summed E-state index contributed by atoms with van der Waals surface area (Å²) in [7, 11) is 3.21. The molecule has 0 aromatic rings. The van der Waals surface area contributed by atoms with Crippen molar-refractivity contribution in [3.8, 4) is 0 Å². The summed E-state index contributed by atoms with van der Waals surface area (Å²) in [6.45, 7) is 0.249. The SMILES string of the molecule is CN(C)C(=O)/C=C/OC=O. The molecule has 1 amide bonds. The highest BCUT2D eigenvalue weighted by Gasteiger charge is 1.95. The first-order valence-corrected chi connectivity index (χ1v) is 2.65. The van der Waals surface area contributed by atoms with E-state index in [9.17, 15) is 9.59 Å². The minimum Gasteiger partial charge on any atom is -0.437 e. The lowest BCUT2D eigenvalue weighted by molar-refractivity contribution is -0.124. The molecular formula is C6H9NO3. The Kier molecular flexibility index (Phi) is 3.95. The molecule has 0 radical (unpaired) electrons. The number of nitrogens with zero attached hydrogens (tertiary/aromatic N) is 1. The van der Waals surface area contributed by atoms with Crippen LogP contribution in [0.15, 0.2) is 12.3 Å². The molecule has 0 aliphatic heterocycles. The highest BCUT2D eigenvalue weighted by molar-refractivity contribution is 5.86. The van der Waals surface area contributed by atoms with Crippen LogP contribution in [-0.4, -0.2) is 31.4 Å². The number of carbonyl (C=O) groups is 2. The number of hydrogen-bond donors (Lipinski definition) is 0. The smallest absolute Gasteiger partial charge is 0.297 e. The van der Waals surface area contributed by atoms with Crippen molar-refractivity contribution in [1.82, 2.24) is 4.90 Å². The molecule has 56 valence electrons. The lowest BCUT2D eigenvalue weighted by Gasteiger charge is -2.03. The van der Waals surface area contributed by atoms with Crippen LogP contribution in [0.3, 0.4) is 0 Å². The monoisotopic (exact) mass is 143 g/mol. The molecule has 0 saturated carbocycles. The van der Waals surface area contributed by atoms with Crippen molar-refractivity contribution in [2.75, 3.05) is 14.1 Å². The van der Waals surface area contributed by atoms with Gasteiger partial charge >= 0.3 is 0 Å². The Morgan fingerprint density at radius 2 is 2.10 bits per heavy atom. The van der Waals surface area contributed by atoms with Crippen molar-refractivity contribution in [1.29, 1.82) is 0 Å². The zero-order valence-electron chi connectivity index (χ0n) is 5.90. The van der Waals surface area contributed by atoms with Crippen LogP contribution in [0.25, 0.3) is 0 Å². The van der Waals surface area contributed by atoms with E-state index in [2.05, 4.69) is 4.74 Å². The fourth-order valence-electron chi connectivity index (χ4n) is 0.279. The van der Waals surface area contributed by atoms with Gasteiger partial charge in [-0.05, 0) is 0 Å². The van der Waals surface area contributed by atoms with E-state index in [1.54, 1.807) is 14.1 Å². The number of carbonyl (C=O) groups excluding carboxylic acids is 2. The van der Waals surface area contributed by atoms with Gasteiger partial charge in [0.15, 0.2) is 0 Å². The second kappa shape index (κ2) is 4.55. The number of rotatable bonds is 3. The standard InChI is InChI=1S/C6H9NO3/c1-7(2)6(9)3-4-10-5-8/h3-5H,1-2H3/b4-3+. The molecule has 4 heteroatoms. The molecule has 0 fully saturated rings. The van der Waals surface area contributed by atoms with Crippen LogP contribution in [-0.2, 0) is 14.3 Å². The van der Waals surface area contributed by atoms with Crippen LogP contribution < -0.4 is 0 Å². The van der Waals surface area contributed by atoms with Crippen molar-refractivity contribution in [3.63, 3.8) is 0 Å². The average molecular weight is 143 g/mol. The molecule has 0 heterocycles. The highest BCUT2D eigenvalue weighted by Crippen LogP contribution is 1.80. The molecule has 0 bridgehead atoms. The van der Waals surface area contributed by atoms with Gasteiger partial charge in [0.1, 0.15) is 0 Å². The summed E-state index contributed by atoms with van der Waals surface area (Å²) in [5.74, 6) is -0.221. The molecule has 0 atom stereocenters. The third-order valence-electron chi connectivity index (χ3n) is 0.786. The molecule has 0 spiro atoms. The van der Waals surface area contributed by atoms with E-state index in [0.717, 1.165) is 12.3 Å². The first-order chi connectivity index (χ1) is 4.68. The van der Waals surface area contributed by atoms with E-state index >= 15 is 0 Å². The van der Waals surface area contributed by atoms with Crippen molar-refractivity contribution < 1.29 is 14.3 Å². The van der Waals surface area contributed by atoms with Crippen LogP contribution in [0, 0.1) is 0 Å². The second-order valence-corrected chi connectivity index (χ2v) is 1.77. The summed E-state index contributed by atoms with van der Waals surface area (Å²) >= 11 is 0. The molecule has 10 heavy (non-hydrogen) atoms. The Morgan fingerprint density at radius 3 is 2.50 bits per heavy atom.